The van der Waals surface area contributed by atoms with Crippen molar-refractivity contribution in [1.82, 2.24) is 30.2 Å². The van der Waals surface area contributed by atoms with Crippen LogP contribution >= 0.6 is 0 Å². The van der Waals surface area contributed by atoms with Crippen LogP contribution in [0.1, 0.15) is 140 Å². The lowest BCUT2D eigenvalue weighted by molar-refractivity contribution is -0.159. The monoisotopic (exact) mass is 1250 g/mol. The second-order valence-corrected chi connectivity index (χ2v) is 23.8. The van der Waals surface area contributed by atoms with Gasteiger partial charge >= 0.3 is 18.0 Å². The molecule has 9 N–H and O–H groups in total. The number of carboxylic acids is 1. The number of aliphatic carboxylic acids is 1. The van der Waals surface area contributed by atoms with Crippen molar-refractivity contribution in [3.63, 3.8) is 0 Å². The molecule has 1 aliphatic carbocycles. The molecule has 0 aliphatic heterocycles. The smallest absolute Gasteiger partial charge is 0.323 e. The third kappa shape index (κ3) is 20.0. The highest BCUT2D eigenvalue weighted by Crippen LogP contribution is 2.43. The van der Waals surface area contributed by atoms with Crippen molar-refractivity contribution >= 4 is 104 Å². The average Bonchev–Trinajstić information content (AvgIpc) is 1.68. The number of rotatable bonds is 35. The van der Waals surface area contributed by atoms with E-state index < -0.39 is 95.3 Å². The van der Waals surface area contributed by atoms with E-state index in [9.17, 15) is 53.1 Å². The van der Waals surface area contributed by atoms with Crippen molar-refractivity contribution in [3.05, 3.63) is 126 Å². The Morgan fingerprint density at radius 3 is 2.26 bits per heavy atom. The molecule has 0 bridgehead atoms. The number of ketones is 4. The number of nitrogen functional groups attached to an aromatic ring is 1. The molecule has 3 heterocycles. The molecule has 1 unspecified atom stereocenters. The molecule has 1 saturated carbocycles. The highest BCUT2D eigenvalue weighted by atomic mass is 16.6. The number of imidazole rings is 1. The molecule has 7 rings (SSSR count). The van der Waals surface area contributed by atoms with Crippen LogP contribution in [0, 0.1) is 24.2 Å². The molecule has 23 heteroatoms. The standard InChI is InChI=1S/C68H82N10O13/c1-5-90-41-55-77-60-61(49-20-8-10-22-51(49)74-63(60)69)78(55)42-67(3,4)91-58(85)32-30-53(80)59(64(70)87)62(86)68(33-12-6-13-34-68)39-54(81)52(23-15-24-57(83)84)75-65(88)46(19-11-14-36-72-56(82)31-27-45-18-16-35-71-40-45)38-48(79)37-44-25-28-47(29-26-44)73-66(89)76-50-21-9-7-17-43(50)2/h7-10,16-18,20-22,25-29,31,35,40,46,52,59H,5-6,11-15,19,23-24,30,32-34,36-39,41-42H2,1-4H3,(H2,69,74)(H2,70,87)(H,72,82)(H,75,88)(H,83,84)(H2,73,76,89)/b31-27+/t46-,52-,59?/m0/s1. The first-order chi connectivity index (χ1) is 43.5. The van der Waals surface area contributed by atoms with Crippen molar-refractivity contribution in [2.24, 2.45) is 23.0 Å². The lowest BCUT2D eigenvalue weighted by atomic mass is 9.64. The van der Waals surface area contributed by atoms with E-state index in [1.807, 2.05) is 54.8 Å². The number of carboxylic acid groups (broad SMARTS) is 1. The van der Waals surface area contributed by atoms with E-state index in [-0.39, 0.29) is 88.6 Å². The maximum Gasteiger partial charge on any atom is 0.323 e. The molecule has 6 aromatic rings. The molecule has 1 aliphatic rings. The molecular formula is C68H82N10O13. The van der Waals surface area contributed by atoms with Crippen LogP contribution in [0.5, 0.6) is 0 Å². The summed E-state index contributed by atoms with van der Waals surface area (Å²) in [5, 5.41) is 21.6. The Kier molecular flexibility index (Phi) is 24.9. The topological polar surface area (TPSA) is 353 Å². The zero-order valence-corrected chi connectivity index (χ0v) is 52.1. The zero-order valence-electron chi connectivity index (χ0n) is 52.1. The number of pyridine rings is 2. The second kappa shape index (κ2) is 32.8. The highest BCUT2D eigenvalue weighted by molar-refractivity contribution is 6.20. The summed E-state index contributed by atoms with van der Waals surface area (Å²) in [5.41, 5.74) is 14.5. The van der Waals surface area contributed by atoms with Gasteiger partial charge in [0.1, 0.15) is 29.3 Å². The highest BCUT2D eigenvalue weighted by Gasteiger charge is 2.49. The van der Waals surface area contributed by atoms with Crippen molar-refractivity contribution in [3.8, 4) is 0 Å². The number of unbranched alkanes of at least 4 members (excludes halogenated alkanes) is 1. The van der Waals surface area contributed by atoms with Gasteiger partial charge in [0.15, 0.2) is 29.1 Å². The number of aromatic nitrogens is 4. The third-order valence-corrected chi connectivity index (χ3v) is 16.2. The minimum atomic E-state index is -2.04. The number of nitrogens with one attached hydrogen (secondary N) is 4. The number of aryl methyl sites for hydroxylation is 1. The average molecular weight is 1250 g/mol. The Hall–Kier alpha value is -9.51. The first-order valence-electron chi connectivity index (χ1n) is 30.9. The molecule has 0 radical (unpaired) electrons. The molecule has 3 atom stereocenters. The van der Waals surface area contributed by atoms with Gasteiger partial charge in [-0.1, -0.05) is 80.3 Å². The number of Topliss-reactive ketones (excluding diaryl/α,β-unsaturated/α-hetero) is 4. The van der Waals surface area contributed by atoms with E-state index in [0.29, 0.717) is 78.0 Å². The van der Waals surface area contributed by atoms with Crippen LogP contribution in [0.2, 0.25) is 0 Å². The molecule has 3 aromatic heterocycles. The maximum absolute atomic E-state index is 14.9. The number of hydrogen-bond donors (Lipinski definition) is 7. The van der Waals surface area contributed by atoms with Gasteiger partial charge < -0.3 is 51.9 Å². The molecule has 482 valence electrons. The Morgan fingerprint density at radius 1 is 0.824 bits per heavy atom. The fourth-order valence-electron chi connectivity index (χ4n) is 11.6. The zero-order chi connectivity index (χ0) is 65.7. The number of primary amides is 1. The summed E-state index contributed by atoms with van der Waals surface area (Å²) >= 11 is 0. The summed E-state index contributed by atoms with van der Waals surface area (Å²) in [7, 11) is 0. The number of nitrogens with two attached hydrogens (primary N) is 2. The molecule has 0 spiro atoms. The van der Waals surface area contributed by atoms with Gasteiger partial charge in [-0.05, 0) is 119 Å². The molecular weight excluding hydrogens is 1160 g/mol. The van der Waals surface area contributed by atoms with Gasteiger partial charge in [0.25, 0.3) is 0 Å². The van der Waals surface area contributed by atoms with Crippen LogP contribution in [0.4, 0.5) is 22.0 Å². The van der Waals surface area contributed by atoms with Gasteiger partial charge in [0.05, 0.1) is 30.0 Å². The fourth-order valence-corrected chi connectivity index (χ4v) is 11.6. The number of fused-ring (bicyclic) bond motifs is 3. The fraction of sp³-hybridized carbons (Fsp3) is 0.426. The number of nitrogens with zero attached hydrogens (tertiary/aromatic N) is 4. The van der Waals surface area contributed by atoms with Crippen molar-refractivity contribution in [1.29, 1.82) is 0 Å². The quantitative estimate of drug-likeness (QED) is 0.00845. The Bertz CT molecular complexity index is 3630. The lowest BCUT2D eigenvalue weighted by Gasteiger charge is -2.38. The Balaban J connectivity index is 1.03. The van der Waals surface area contributed by atoms with Crippen LogP contribution in [0.3, 0.4) is 0 Å². The van der Waals surface area contributed by atoms with E-state index in [1.165, 1.54) is 6.08 Å². The summed E-state index contributed by atoms with van der Waals surface area (Å²) in [4.78, 5) is 150. The van der Waals surface area contributed by atoms with Crippen LogP contribution < -0.4 is 32.7 Å². The van der Waals surface area contributed by atoms with E-state index in [4.69, 9.17) is 25.9 Å². The molecule has 3 aromatic carbocycles. The van der Waals surface area contributed by atoms with E-state index in [0.717, 1.165) is 16.5 Å². The van der Waals surface area contributed by atoms with Gasteiger partial charge in [0.2, 0.25) is 17.7 Å². The number of carbonyl (C=O) groups excluding carboxylic acids is 9. The minimum Gasteiger partial charge on any atom is -0.481 e. The van der Waals surface area contributed by atoms with Gasteiger partial charge in [-0.15, -0.1) is 0 Å². The minimum absolute atomic E-state index is 0.0599. The predicted molar refractivity (Wildman–Crippen MR) is 343 cm³/mol. The van der Waals surface area contributed by atoms with Crippen molar-refractivity contribution in [2.75, 3.05) is 29.5 Å². The number of anilines is 3. The number of amides is 5. The third-order valence-electron chi connectivity index (χ3n) is 16.2. The normalized spacial score (nSPS) is 14.0. The van der Waals surface area contributed by atoms with Gasteiger partial charge in [0, 0.05) is 91.8 Å². The maximum atomic E-state index is 14.9. The molecule has 1 fully saturated rings. The predicted octanol–water partition coefficient (Wildman–Crippen LogP) is 8.86. The first kappa shape index (κ1) is 69.0. The van der Waals surface area contributed by atoms with Crippen LogP contribution in [0.25, 0.3) is 28.0 Å². The van der Waals surface area contributed by atoms with Crippen LogP contribution in [-0.2, 0) is 72.2 Å². The summed E-state index contributed by atoms with van der Waals surface area (Å²) in [5.74, 6) is -9.36. The van der Waals surface area contributed by atoms with Crippen molar-refractivity contribution < 1.29 is 62.5 Å². The van der Waals surface area contributed by atoms with Crippen LogP contribution in [0.15, 0.2) is 103 Å². The number of ether oxygens (including phenoxy) is 2. The van der Waals surface area contributed by atoms with E-state index in [2.05, 4.69) is 31.2 Å². The van der Waals surface area contributed by atoms with Gasteiger partial charge in [-0.2, -0.15) is 0 Å². The number of hydrogen-bond acceptors (Lipinski definition) is 16. The molecule has 23 nitrogen and oxygen atoms in total. The second-order valence-electron chi connectivity index (χ2n) is 23.8. The summed E-state index contributed by atoms with van der Waals surface area (Å²) < 4.78 is 13.6. The number of benzene rings is 3. The largest absolute Gasteiger partial charge is 0.481 e. The number of esters is 1. The SMILES string of the molecule is CCOCc1nc2c(N)nc3ccccc3c2n1CC(C)(C)OC(=O)CCC(=O)C(C(N)=O)C(=O)C1(CC(=O)[C@H](CCCC(=O)O)NC(=O)[C@@H](CCCCNC(=O)/C=C/c2cccnc2)CC(=O)Cc2ccc(NC(=O)Nc3ccccc3C)cc2)CCCCC1. The summed E-state index contributed by atoms with van der Waals surface area (Å²) in [6.07, 6.45) is 6.29. The Labute approximate surface area is 528 Å². The molecule has 91 heavy (non-hydrogen) atoms. The number of para-hydroxylation sites is 2. The van der Waals surface area contributed by atoms with Gasteiger partial charge in [-0.3, -0.25) is 48.1 Å². The Morgan fingerprint density at radius 2 is 1.56 bits per heavy atom. The van der Waals surface area contributed by atoms with Gasteiger partial charge in [-0.25, -0.2) is 14.8 Å². The lowest BCUT2D eigenvalue weighted by Crippen LogP contribution is -2.50. The van der Waals surface area contributed by atoms with E-state index in [1.54, 1.807) is 80.8 Å². The number of urea groups is 1. The summed E-state index contributed by atoms with van der Waals surface area (Å²) in [6, 6.07) is 23.1. The first-order valence-corrected chi connectivity index (χ1v) is 30.9. The van der Waals surface area contributed by atoms with E-state index >= 15 is 0 Å². The summed E-state index contributed by atoms with van der Waals surface area (Å²) in [6.45, 7) is 7.90. The number of carbonyl (C=O) groups is 10. The molecule has 0 saturated heterocycles. The molecule has 5 amide bonds. The van der Waals surface area contributed by atoms with Crippen molar-refractivity contribution in [2.45, 2.75) is 155 Å². The van der Waals surface area contributed by atoms with Crippen LogP contribution in [-0.4, -0.2) is 108 Å².